The standard InChI is InChI=1S/C11H14F3N3O3S/c1-7-9(6-18)10(16-15-7)21(19,20)17-4-2-8(3-5-17)11(12,13)14/h2,18H,3-6H2,1H3,(H,15,16). The Morgan fingerprint density at radius 1 is 1.48 bits per heavy atom. The fourth-order valence-corrected chi connectivity index (χ4v) is 3.62. The third kappa shape index (κ3) is 2.97. The van der Waals surface area contributed by atoms with E-state index >= 15 is 0 Å². The van der Waals surface area contributed by atoms with Gasteiger partial charge in [0.2, 0.25) is 0 Å². The Kier molecular flexibility index (Phi) is 4.13. The molecule has 0 fully saturated rings. The summed E-state index contributed by atoms with van der Waals surface area (Å²) in [6.45, 7) is 0.391. The Bertz CT molecular complexity index is 664. The van der Waals surface area contributed by atoms with E-state index in [1.54, 1.807) is 6.92 Å². The number of aliphatic hydroxyl groups excluding tert-OH is 1. The lowest BCUT2D eigenvalue weighted by Crippen LogP contribution is -2.37. The van der Waals surface area contributed by atoms with Gasteiger partial charge in [-0.05, 0) is 13.3 Å². The van der Waals surface area contributed by atoms with Crippen molar-refractivity contribution in [3.63, 3.8) is 0 Å². The molecule has 0 radical (unpaired) electrons. The molecule has 2 rings (SSSR count). The molecule has 10 heteroatoms. The highest BCUT2D eigenvalue weighted by Crippen LogP contribution is 2.32. The van der Waals surface area contributed by atoms with Gasteiger partial charge in [0.15, 0.2) is 5.03 Å². The van der Waals surface area contributed by atoms with Crippen LogP contribution in [0, 0.1) is 6.92 Å². The van der Waals surface area contributed by atoms with Gasteiger partial charge in [-0.3, -0.25) is 5.10 Å². The summed E-state index contributed by atoms with van der Waals surface area (Å²) >= 11 is 0. The molecular formula is C11H14F3N3O3S. The number of H-pyrrole nitrogens is 1. The van der Waals surface area contributed by atoms with Crippen LogP contribution in [0.2, 0.25) is 0 Å². The van der Waals surface area contributed by atoms with Crippen molar-refractivity contribution in [2.45, 2.75) is 31.2 Å². The van der Waals surface area contributed by atoms with Crippen molar-refractivity contribution in [3.05, 3.63) is 22.9 Å². The number of halogens is 3. The van der Waals surface area contributed by atoms with Gasteiger partial charge in [-0.1, -0.05) is 6.08 Å². The Morgan fingerprint density at radius 3 is 2.62 bits per heavy atom. The zero-order valence-corrected chi connectivity index (χ0v) is 11.9. The first kappa shape index (κ1) is 16.0. The fraction of sp³-hybridized carbons (Fsp3) is 0.545. The average molecular weight is 325 g/mol. The van der Waals surface area contributed by atoms with Crippen molar-refractivity contribution in [3.8, 4) is 0 Å². The topological polar surface area (TPSA) is 86.3 Å². The van der Waals surface area contributed by atoms with Crippen LogP contribution in [-0.4, -0.2) is 47.3 Å². The number of nitrogens with zero attached hydrogens (tertiary/aromatic N) is 2. The average Bonchev–Trinajstić information content (AvgIpc) is 2.79. The molecule has 1 aromatic heterocycles. The quantitative estimate of drug-likeness (QED) is 0.815. The van der Waals surface area contributed by atoms with Gasteiger partial charge >= 0.3 is 6.18 Å². The van der Waals surface area contributed by atoms with Crippen LogP contribution in [0.4, 0.5) is 13.2 Å². The van der Waals surface area contributed by atoms with E-state index in [1.165, 1.54) is 0 Å². The Labute approximate surface area is 119 Å². The third-order valence-corrected chi connectivity index (χ3v) is 5.15. The molecule has 118 valence electrons. The summed E-state index contributed by atoms with van der Waals surface area (Å²) in [4.78, 5) is 0. The highest BCUT2D eigenvalue weighted by molar-refractivity contribution is 7.89. The predicted molar refractivity (Wildman–Crippen MR) is 66.8 cm³/mol. The number of hydrogen-bond acceptors (Lipinski definition) is 4. The van der Waals surface area contributed by atoms with Crippen molar-refractivity contribution in [2.24, 2.45) is 0 Å². The van der Waals surface area contributed by atoms with Crippen molar-refractivity contribution < 1.29 is 26.7 Å². The largest absolute Gasteiger partial charge is 0.412 e. The summed E-state index contributed by atoms with van der Waals surface area (Å²) in [5, 5.41) is 15.0. The first-order valence-electron chi connectivity index (χ1n) is 6.09. The monoisotopic (exact) mass is 325 g/mol. The molecule has 0 bridgehead atoms. The number of aryl methyl sites for hydroxylation is 1. The number of hydrogen-bond donors (Lipinski definition) is 2. The first-order valence-corrected chi connectivity index (χ1v) is 7.53. The van der Waals surface area contributed by atoms with Crippen molar-refractivity contribution in [1.29, 1.82) is 0 Å². The van der Waals surface area contributed by atoms with Gasteiger partial charge in [0.1, 0.15) is 0 Å². The molecule has 1 aliphatic heterocycles. The summed E-state index contributed by atoms with van der Waals surface area (Å²) in [5.74, 6) is 0. The van der Waals surface area contributed by atoms with Crippen LogP contribution in [0.3, 0.4) is 0 Å². The molecule has 2 N–H and O–H groups in total. The minimum atomic E-state index is -4.44. The maximum atomic E-state index is 12.5. The molecule has 6 nitrogen and oxygen atoms in total. The lowest BCUT2D eigenvalue weighted by molar-refractivity contribution is -0.0953. The molecule has 2 heterocycles. The summed E-state index contributed by atoms with van der Waals surface area (Å²) < 4.78 is 63.2. The van der Waals surface area contributed by atoms with Gasteiger partial charge in [0.25, 0.3) is 10.0 Å². The number of rotatable bonds is 3. The van der Waals surface area contributed by atoms with Gasteiger partial charge < -0.3 is 5.11 Å². The van der Waals surface area contributed by atoms with Crippen molar-refractivity contribution in [2.75, 3.05) is 13.1 Å². The number of nitrogens with one attached hydrogen (secondary N) is 1. The SMILES string of the molecule is Cc1[nH]nc(S(=O)(=O)N2CC=C(C(F)(F)F)CC2)c1CO. The Morgan fingerprint density at radius 2 is 2.14 bits per heavy atom. The Balaban J connectivity index is 2.29. The van der Waals surface area contributed by atoms with E-state index in [1.807, 2.05) is 0 Å². The van der Waals surface area contributed by atoms with Gasteiger partial charge in [0, 0.05) is 29.9 Å². The van der Waals surface area contributed by atoms with Crippen molar-refractivity contribution >= 4 is 10.0 Å². The zero-order chi connectivity index (χ0) is 15.8. The highest BCUT2D eigenvalue weighted by Gasteiger charge is 2.38. The number of aromatic amines is 1. The second-order valence-corrected chi connectivity index (χ2v) is 6.48. The van der Waals surface area contributed by atoms with Gasteiger partial charge in [-0.2, -0.15) is 22.6 Å². The smallest absolute Gasteiger partial charge is 0.392 e. The molecule has 0 saturated carbocycles. The van der Waals surface area contributed by atoms with Crippen LogP contribution in [0.5, 0.6) is 0 Å². The van der Waals surface area contributed by atoms with Crippen LogP contribution in [0.1, 0.15) is 17.7 Å². The summed E-state index contributed by atoms with van der Waals surface area (Å²) in [5.41, 5.74) is -0.199. The van der Waals surface area contributed by atoms with Crippen LogP contribution in [0.15, 0.2) is 16.7 Å². The molecule has 1 aromatic rings. The molecular weight excluding hydrogens is 311 g/mol. The molecule has 0 atom stereocenters. The highest BCUT2D eigenvalue weighted by atomic mass is 32.2. The molecule has 0 amide bonds. The molecule has 1 aliphatic rings. The summed E-state index contributed by atoms with van der Waals surface area (Å²) in [6, 6.07) is 0. The lowest BCUT2D eigenvalue weighted by Gasteiger charge is -2.26. The number of aliphatic hydroxyl groups is 1. The second-order valence-electron chi connectivity index (χ2n) is 4.63. The van der Waals surface area contributed by atoms with E-state index in [4.69, 9.17) is 0 Å². The first-order chi connectivity index (χ1) is 9.67. The van der Waals surface area contributed by atoms with Crippen LogP contribution in [-0.2, 0) is 16.6 Å². The Hall–Kier alpha value is -1.39. The number of aromatic nitrogens is 2. The van der Waals surface area contributed by atoms with Gasteiger partial charge in [-0.15, -0.1) is 0 Å². The molecule has 0 saturated heterocycles. The number of sulfonamides is 1. The fourth-order valence-electron chi connectivity index (χ4n) is 2.08. The van der Waals surface area contributed by atoms with E-state index in [0.29, 0.717) is 5.69 Å². The van der Waals surface area contributed by atoms with Gasteiger partial charge in [0.05, 0.1) is 6.61 Å². The maximum absolute atomic E-state index is 12.5. The molecule has 0 unspecified atom stereocenters. The molecule has 0 spiro atoms. The minimum absolute atomic E-state index is 0.126. The van der Waals surface area contributed by atoms with E-state index in [-0.39, 0.29) is 23.7 Å². The van der Waals surface area contributed by atoms with Crippen LogP contribution < -0.4 is 0 Å². The number of alkyl halides is 3. The summed E-state index contributed by atoms with van der Waals surface area (Å²) in [6.07, 6.45) is -3.98. The van der Waals surface area contributed by atoms with Crippen molar-refractivity contribution in [1.82, 2.24) is 14.5 Å². The second kappa shape index (κ2) is 5.43. The molecule has 21 heavy (non-hydrogen) atoms. The minimum Gasteiger partial charge on any atom is -0.392 e. The summed E-state index contributed by atoms with van der Waals surface area (Å²) in [7, 11) is -4.03. The molecule has 0 aromatic carbocycles. The normalized spacial score (nSPS) is 17.9. The van der Waals surface area contributed by atoms with Crippen LogP contribution in [0.25, 0.3) is 0 Å². The van der Waals surface area contributed by atoms with E-state index < -0.39 is 34.8 Å². The maximum Gasteiger partial charge on any atom is 0.412 e. The van der Waals surface area contributed by atoms with E-state index in [9.17, 15) is 26.7 Å². The van der Waals surface area contributed by atoms with Crippen LogP contribution >= 0.6 is 0 Å². The lowest BCUT2D eigenvalue weighted by atomic mass is 10.1. The predicted octanol–water partition coefficient (Wildman–Crippen LogP) is 1.09. The molecule has 0 aliphatic carbocycles. The van der Waals surface area contributed by atoms with Gasteiger partial charge in [-0.25, -0.2) is 8.42 Å². The van der Waals surface area contributed by atoms with E-state index in [2.05, 4.69) is 10.2 Å². The van der Waals surface area contributed by atoms with E-state index in [0.717, 1.165) is 10.4 Å². The third-order valence-electron chi connectivity index (χ3n) is 3.31. The zero-order valence-electron chi connectivity index (χ0n) is 11.1.